The van der Waals surface area contributed by atoms with Gasteiger partial charge in [0.05, 0.1) is 6.04 Å². The van der Waals surface area contributed by atoms with Gasteiger partial charge >= 0.3 is 21.7 Å². The van der Waals surface area contributed by atoms with E-state index >= 15 is 0 Å². The fraction of sp³-hybridized carbons (Fsp3) is 0.824. The molecule has 15 heteroatoms. The molecule has 0 aromatic rings. The van der Waals surface area contributed by atoms with Gasteiger partial charge in [0.25, 0.3) is 5.78 Å². The molecule has 32 heavy (non-hydrogen) atoms. The summed E-state index contributed by atoms with van der Waals surface area (Å²) >= 11 is 0. The molecule has 0 saturated carbocycles. The molecule has 3 atom stereocenters. The SMILES string of the molecule is CC(C)[C@H](NS(=O)(=O)C(F)(F)F)C(=O)N1CCC[C@H]1C(=O)N[C@H](C(=O)C(F)(F)F)C(C)C. The summed E-state index contributed by atoms with van der Waals surface area (Å²) in [4.78, 5) is 37.9. The van der Waals surface area contributed by atoms with Crippen LogP contribution in [0.4, 0.5) is 26.3 Å². The van der Waals surface area contributed by atoms with E-state index in [1.807, 2.05) is 5.32 Å². The average molecular weight is 497 g/mol. The molecule has 0 aliphatic carbocycles. The van der Waals surface area contributed by atoms with Crippen molar-refractivity contribution in [3.05, 3.63) is 0 Å². The number of Topliss-reactive ketones (excluding diaryl/α,β-unsaturated/α-hetero) is 1. The van der Waals surface area contributed by atoms with E-state index in [4.69, 9.17) is 0 Å². The Morgan fingerprint density at radius 3 is 1.84 bits per heavy atom. The van der Waals surface area contributed by atoms with Crippen molar-refractivity contribution in [2.75, 3.05) is 6.54 Å². The zero-order valence-electron chi connectivity index (χ0n) is 17.7. The van der Waals surface area contributed by atoms with Crippen LogP contribution >= 0.6 is 0 Å². The topological polar surface area (TPSA) is 113 Å². The third-order valence-corrected chi connectivity index (χ3v) is 6.06. The maximum atomic E-state index is 12.8. The Morgan fingerprint density at radius 1 is 0.938 bits per heavy atom. The molecule has 186 valence electrons. The zero-order valence-corrected chi connectivity index (χ0v) is 18.5. The summed E-state index contributed by atoms with van der Waals surface area (Å²) in [5.74, 6) is -6.29. The predicted octanol–water partition coefficient (Wildman–Crippen LogP) is 1.71. The number of likely N-dealkylation sites (tertiary alicyclic amines) is 1. The first-order chi connectivity index (χ1) is 14.3. The highest BCUT2D eigenvalue weighted by Gasteiger charge is 2.50. The van der Waals surface area contributed by atoms with Gasteiger partial charge in [0.1, 0.15) is 12.1 Å². The third kappa shape index (κ3) is 6.56. The molecular weight excluding hydrogens is 472 g/mol. The molecule has 1 saturated heterocycles. The number of amides is 2. The van der Waals surface area contributed by atoms with Crippen LogP contribution in [0.1, 0.15) is 40.5 Å². The van der Waals surface area contributed by atoms with Gasteiger partial charge in [-0.15, -0.1) is 0 Å². The number of carbonyl (C=O) groups excluding carboxylic acids is 3. The first kappa shape index (κ1) is 28.1. The van der Waals surface area contributed by atoms with E-state index in [0.29, 0.717) is 0 Å². The number of hydrogen-bond acceptors (Lipinski definition) is 5. The molecule has 0 bridgehead atoms. The molecular formula is C17H25F6N3O5S. The van der Waals surface area contributed by atoms with Crippen LogP contribution in [0.3, 0.4) is 0 Å². The van der Waals surface area contributed by atoms with Crippen LogP contribution in [0.15, 0.2) is 0 Å². The standard InChI is InChI=1S/C17H25F6N3O5S/c1-8(2)11(13(27)16(18,19)20)24-14(28)10-6-5-7-26(10)15(29)12(9(3)4)25-32(30,31)17(21,22)23/h8-12,25H,5-7H2,1-4H3,(H,24,28)/t10-,11-,12-/m0/s1. The molecule has 0 unspecified atom stereocenters. The van der Waals surface area contributed by atoms with Crippen molar-refractivity contribution in [3.8, 4) is 0 Å². The number of alkyl halides is 6. The molecule has 1 heterocycles. The number of carbonyl (C=O) groups is 3. The first-order valence-electron chi connectivity index (χ1n) is 9.61. The van der Waals surface area contributed by atoms with Crippen molar-refractivity contribution in [2.45, 2.75) is 70.3 Å². The predicted molar refractivity (Wildman–Crippen MR) is 99.3 cm³/mol. The van der Waals surface area contributed by atoms with Crippen LogP contribution < -0.4 is 10.0 Å². The van der Waals surface area contributed by atoms with Gasteiger partial charge in [-0.25, -0.2) is 8.42 Å². The normalized spacial score (nSPS) is 19.9. The minimum Gasteiger partial charge on any atom is -0.344 e. The highest BCUT2D eigenvalue weighted by atomic mass is 32.2. The quantitative estimate of drug-likeness (QED) is 0.496. The van der Waals surface area contributed by atoms with Gasteiger partial charge in [0.15, 0.2) is 0 Å². The molecule has 0 radical (unpaired) electrons. The molecule has 0 aromatic carbocycles. The summed E-state index contributed by atoms with van der Waals surface area (Å²) in [7, 11) is -5.88. The largest absolute Gasteiger partial charge is 0.511 e. The van der Waals surface area contributed by atoms with Crippen LogP contribution in [0.2, 0.25) is 0 Å². The third-order valence-electron chi connectivity index (χ3n) is 4.88. The van der Waals surface area contributed by atoms with Gasteiger partial charge in [-0.3, -0.25) is 14.4 Å². The molecule has 2 amide bonds. The Morgan fingerprint density at radius 2 is 1.44 bits per heavy atom. The summed E-state index contributed by atoms with van der Waals surface area (Å²) in [6.45, 7) is 4.97. The van der Waals surface area contributed by atoms with E-state index in [9.17, 15) is 49.1 Å². The second kappa shape index (κ2) is 9.93. The average Bonchev–Trinajstić information content (AvgIpc) is 3.10. The van der Waals surface area contributed by atoms with Crippen molar-refractivity contribution in [1.82, 2.24) is 14.9 Å². The van der Waals surface area contributed by atoms with E-state index in [-0.39, 0.29) is 19.4 Å². The monoisotopic (exact) mass is 497 g/mol. The lowest BCUT2D eigenvalue weighted by Crippen LogP contribution is -2.58. The zero-order chi connectivity index (χ0) is 25.2. The summed E-state index contributed by atoms with van der Waals surface area (Å²) in [6, 6.07) is -5.17. The summed E-state index contributed by atoms with van der Waals surface area (Å²) in [5.41, 5.74) is -5.68. The highest BCUT2D eigenvalue weighted by molar-refractivity contribution is 7.90. The van der Waals surface area contributed by atoms with E-state index < -0.39 is 69.3 Å². The minimum atomic E-state index is -5.88. The minimum absolute atomic E-state index is 0.0283. The number of nitrogens with zero attached hydrogens (tertiary/aromatic N) is 1. The van der Waals surface area contributed by atoms with Gasteiger partial charge in [-0.2, -0.15) is 31.1 Å². The van der Waals surface area contributed by atoms with Crippen molar-refractivity contribution < 1.29 is 49.1 Å². The molecule has 0 spiro atoms. The summed E-state index contributed by atoms with van der Waals surface area (Å²) < 4.78 is 101. The van der Waals surface area contributed by atoms with Crippen LogP contribution in [-0.2, 0) is 24.4 Å². The number of hydrogen-bond donors (Lipinski definition) is 2. The molecule has 0 aromatic heterocycles. The van der Waals surface area contributed by atoms with E-state index in [1.165, 1.54) is 32.4 Å². The number of ketones is 1. The highest BCUT2D eigenvalue weighted by Crippen LogP contribution is 2.26. The Hall–Kier alpha value is -1.90. The molecule has 8 nitrogen and oxygen atoms in total. The van der Waals surface area contributed by atoms with Gasteiger partial charge in [-0.1, -0.05) is 27.7 Å². The molecule has 1 aliphatic rings. The van der Waals surface area contributed by atoms with E-state index in [1.54, 1.807) is 0 Å². The Kier molecular flexibility index (Phi) is 8.73. The van der Waals surface area contributed by atoms with Crippen molar-refractivity contribution >= 4 is 27.6 Å². The van der Waals surface area contributed by atoms with E-state index in [2.05, 4.69) is 0 Å². The number of halogens is 6. The lowest BCUT2D eigenvalue weighted by Gasteiger charge is -2.31. The maximum absolute atomic E-state index is 12.8. The van der Waals surface area contributed by atoms with Gasteiger partial charge in [0.2, 0.25) is 11.8 Å². The van der Waals surface area contributed by atoms with E-state index in [0.717, 1.165) is 4.90 Å². The Labute approximate surface area is 181 Å². The number of sulfonamides is 1. The smallest absolute Gasteiger partial charge is 0.344 e. The van der Waals surface area contributed by atoms with Gasteiger partial charge in [-0.05, 0) is 24.7 Å². The lowest BCUT2D eigenvalue weighted by atomic mass is 9.98. The fourth-order valence-electron chi connectivity index (χ4n) is 3.15. The van der Waals surface area contributed by atoms with Crippen LogP contribution in [-0.4, -0.2) is 67.3 Å². The Balaban J connectivity index is 3.11. The fourth-order valence-corrected chi connectivity index (χ4v) is 3.99. The first-order valence-corrected chi connectivity index (χ1v) is 11.1. The number of nitrogens with one attached hydrogen (secondary N) is 2. The second-order valence-corrected chi connectivity index (χ2v) is 9.78. The van der Waals surface area contributed by atoms with Crippen LogP contribution in [0, 0.1) is 11.8 Å². The Bertz CT molecular complexity index is 826. The molecule has 1 fully saturated rings. The molecule has 2 N–H and O–H groups in total. The second-order valence-electron chi connectivity index (χ2n) is 8.07. The van der Waals surface area contributed by atoms with Crippen molar-refractivity contribution in [3.63, 3.8) is 0 Å². The van der Waals surface area contributed by atoms with Crippen LogP contribution in [0.5, 0.6) is 0 Å². The summed E-state index contributed by atoms with van der Waals surface area (Å²) in [6.07, 6.45) is -5.05. The van der Waals surface area contributed by atoms with Gasteiger partial charge in [0, 0.05) is 6.54 Å². The van der Waals surface area contributed by atoms with Crippen molar-refractivity contribution in [1.29, 1.82) is 0 Å². The number of rotatable bonds is 8. The van der Waals surface area contributed by atoms with Crippen LogP contribution in [0.25, 0.3) is 0 Å². The summed E-state index contributed by atoms with van der Waals surface area (Å²) in [5, 5.41) is 1.97. The lowest BCUT2D eigenvalue weighted by molar-refractivity contribution is -0.175. The molecule has 1 rings (SSSR count). The maximum Gasteiger partial charge on any atom is 0.511 e. The van der Waals surface area contributed by atoms with Gasteiger partial charge < -0.3 is 10.2 Å². The molecule has 1 aliphatic heterocycles. The van der Waals surface area contributed by atoms with Crippen molar-refractivity contribution in [2.24, 2.45) is 11.8 Å².